The molecular formula is C23H35O3PSi. The van der Waals surface area contributed by atoms with Gasteiger partial charge in [-0.3, -0.25) is 0 Å². The van der Waals surface area contributed by atoms with Crippen LogP contribution in [0.5, 0.6) is 0 Å². The standard InChI is InChI=1S/C23H35O3PSi/c1-4-24-28(25-5-2,26-6-3)21-15-9-14-20-27(22-16-10-7-11-17-22)23-18-12-8-13-19-23/h7-8,10-13,16-19H,4-6,9,14-15,20-21H2,1-3H3. The van der Waals surface area contributed by atoms with Crippen LogP contribution in [-0.2, 0) is 13.3 Å². The molecule has 0 fully saturated rings. The Morgan fingerprint density at radius 1 is 0.643 bits per heavy atom. The molecule has 0 bridgehead atoms. The van der Waals surface area contributed by atoms with Gasteiger partial charge in [0.1, 0.15) is 0 Å². The summed E-state index contributed by atoms with van der Waals surface area (Å²) in [4.78, 5) is 0. The lowest BCUT2D eigenvalue weighted by Crippen LogP contribution is -2.45. The zero-order valence-electron chi connectivity index (χ0n) is 17.6. The Morgan fingerprint density at radius 3 is 1.54 bits per heavy atom. The molecule has 0 saturated carbocycles. The van der Waals surface area contributed by atoms with Gasteiger partial charge in [0.05, 0.1) is 0 Å². The van der Waals surface area contributed by atoms with Crippen LogP contribution in [0, 0.1) is 0 Å². The molecule has 2 aromatic carbocycles. The summed E-state index contributed by atoms with van der Waals surface area (Å²) in [5.74, 6) is 0. The summed E-state index contributed by atoms with van der Waals surface area (Å²) >= 11 is 0. The Morgan fingerprint density at radius 2 is 1.11 bits per heavy atom. The number of benzene rings is 2. The maximum Gasteiger partial charge on any atom is 0.500 e. The van der Waals surface area contributed by atoms with Gasteiger partial charge in [0, 0.05) is 25.9 Å². The normalized spacial score (nSPS) is 11.9. The Balaban J connectivity index is 1.91. The van der Waals surface area contributed by atoms with Gasteiger partial charge in [-0.2, -0.15) is 0 Å². The lowest BCUT2D eigenvalue weighted by molar-refractivity contribution is 0.0707. The van der Waals surface area contributed by atoms with Gasteiger partial charge in [0.25, 0.3) is 0 Å². The van der Waals surface area contributed by atoms with Crippen LogP contribution >= 0.6 is 7.92 Å². The third-order valence-electron chi connectivity index (χ3n) is 4.59. The van der Waals surface area contributed by atoms with E-state index in [1.165, 1.54) is 29.6 Å². The number of unbranched alkanes of at least 4 members (excludes halogenated alkanes) is 2. The summed E-state index contributed by atoms with van der Waals surface area (Å²) in [7, 11) is -2.79. The minimum atomic E-state index is -2.50. The van der Waals surface area contributed by atoms with Crippen LogP contribution in [0.1, 0.15) is 40.0 Å². The van der Waals surface area contributed by atoms with Crippen LogP contribution in [0.4, 0.5) is 0 Å². The zero-order chi connectivity index (χ0) is 20.1. The molecular weight excluding hydrogens is 383 g/mol. The first-order chi connectivity index (χ1) is 13.7. The van der Waals surface area contributed by atoms with Crippen LogP contribution in [0.15, 0.2) is 60.7 Å². The predicted octanol–water partition coefficient (Wildman–Crippen LogP) is 5.34. The van der Waals surface area contributed by atoms with E-state index in [1.54, 1.807) is 0 Å². The second kappa shape index (κ2) is 13.2. The summed E-state index contributed by atoms with van der Waals surface area (Å²) in [6, 6.07) is 22.8. The molecule has 154 valence electrons. The van der Waals surface area contributed by atoms with Crippen molar-refractivity contribution in [2.45, 2.75) is 46.1 Å². The van der Waals surface area contributed by atoms with Gasteiger partial charge < -0.3 is 13.3 Å². The van der Waals surface area contributed by atoms with Gasteiger partial charge in [0.15, 0.2) is 0 Å². The van der Waals surface area contributed by atoms with Gasteiger partial charge >= 0.3 is 8.80 Å². The molecule has 0 aliphatic heterocycles. The third-order valence-corrected chi connectivity index (χ3v) is 10.4. The molecule has 0 aromatic heterocycles. The summed E-state index contributed by atoms with van der Waals surface area (Å²) in [6.45, 7) is 8.02. The maximum absolute atomic E-state index is 5.98. The van der Waals surface area contributed by atoms with Gasteiger partial charge in [-0.15, -0.1) is 0 Å². The van der Waals surface area contributed by atoms with E-state index in [-0.39, 0.29) is 7.92 Å². The molecule has 2 aromatic rings. The minimum Gasteiger partial charge on any atom is -0.374 e. The smallest absolute Gasteiger partial charge is 0.374 e. The number of hydrogen-bond donors (Lipinski definition) is 0. The molecule has 2 rings (SSSR count). The fraction of sp³-hybridized carbons (Fsp3) is 0.478. The Labute approximate surface area is 173 Å². The van der Waals surface area contributed by atoms with Crippen LogP contribution in [0.3, 0.4) is 0 Å². The monoisotopic (exact) mass is 418 g/mol. The molecule has 0 N–H and O–H groups in total. The molecule has 0 heterocycles. The van der Waals surface area contributed by atoms with Crippen LogP contribution < -0.4 is 10.6 Å². The highest BCUT2D eigenvalue weighted by molar-refractivity contribution is 7.73. The first-order valence-electron chi connectivity index (χ1n) is 10.5. The van der Waals surface area contributed by atoms with Crippen molar-refractivity contribution < 1.29 is 13.3 Å². The van der Waals surface area contributed by atoms with Crippen molar-refractivity contribution in [2.24, 2.45) is 0 Å². The Bertz CT molecular complexity index is 582. The highest BCUT2D eigenvalue weighted by Crippen LogP contribution is 2.35. The highest BCUT2D eigenvalue weighted by atomic mass is 31.1. The van der Waals surface area contributed by atoms with E-state index in [9.17, 15) is 0 Å². The maximum atomic E-state index is 5.98. The van der Waals surface area contributed by atoms with Crippen LogP contribution in [0.2, 0.25) is 6.04 Å². The molecule has 0 spiro atoms. The van der Waals surface area contributed by atoms with E-state index in [1.807, 2.05) is 20.8 Å². The van der Waals surface area contributed by atoms with E-state index in [4.69, 9.17) is 13.3 Å². The van der Waals surface area contributed by atoms with Gasteiger partial charge in [-0.1, -0.05) is 67.1 Å². The van der Waals surface area contributed by atoms with E-state index >= 15 is 0 Å². The van der Waals surface area contributed by atoms with E-state index in [2.05, 4.69) is 60.7 Å². The van der Waals surface area contributed by atoms with Gasteiger partial charge in [-0.25, -0.2) is 0 Å². The SMILES string of the molecule is CCO[Si](CCCCCP(c1ccccc1)c1ccccc1)(OCC)OCC. The molecule has 5 heteroatoms. The number of rotatable bonds is 14. The van der Waals surface area contributed by atoms with E-state index in [0.717, 1.165) is 12.5 Å². The molecule has 0 saturated heterocycles. The van der Waals surface area contributed by atoms with Crippen molar-refractivity contribution >= 4 is 27.3 Å². The topological polar surface area (TPSA) is 27.7 Å². The van der Waals surface area contributed by atoms with Gasteiger partial charge in [0.2, 0.25) is 0 Å². The summed E-state index contributed by atoms with van der Waals surface area (Å²) in [5, 5.41) is 2.93. The van der Waals surface area contributed by atoms with Crippen molar-refractivity contribution in [1.29, 1.82) is 0 Å². The lowest BCUT2D eigenvalue weighted by Gasteiger charge is -2.28. The van der Waals surface area contributed by atoms with Gasteiger partial charge in [-0.05, 0) is 58.3 Å². The summed E-state index contributed by atoms with van der Waals surface area (Å²) in [6.07, 6.45) is 4.71. The fourth-order valence-corrected chi connectivity index (χ4v) is 8.52. The fourth-order valence-electron chi connectivity index (χ4n) is 3.41. The van der Waals surface area contributed by atoms with Crippen molar-refractivity contribution in [3.8, 4) is 0 Å². The third kappa shape index (κ3) is 7.42. The first kappa shape index (κ1) is 23.2. The largest absolute Gasteiger partial charge is 0.500 e. The molecule has 0 aliphatic carbocycles. The highest BCUT2D eigenvalue weighted by Gasteiger charge is 2.39. The molecule has 3 nitrogen and oxygen atoms in total. The van der Waals surface area contributed by atoms with Crippen molar-refractivity contribution in [3.63, 3.8) is 0 Å². The van der Waals surface area contributed by atoms with E-state index in [0.29, 0.717) is 19.8 Å². The average molecular weight is 419 g/mol. The quantitative estimate of drug-likeness (QED) is 0.235. The molecule has 0 radical (unpaired) electrons. The second-order valence-electron chi connectivity index (χ2n) is 6.62. The summed E-state index contributed by atoms with van der Waals surface area (Å²) < 4.78 is 17.9. The van der Waals surface area contributed by atoms with Crippen LogP contribution in [-0.4, -0.2) is 34.8 Å². The second-order valence-corrected chi connectivity index (χ2v) is 11.7. The Hall–Kier alpha value is -1.03. The molecule has 28 heavy (non-hydrogen) atoms. The lowest BCUT2D eigenvalue weighted by atomic mass is 10.3. The van der Waals surface area contributed by atoms with Crippen LogP contribution in [0.25, 0.3) is 0 Å². The van der Waals surface area contributed by atoms with Crippen molar-refractivity contribution in [3.05, 3.63) is 60.7 Å². The zero-order valence-corrected chi connectivity index (χ0v) is 19.5. The average Bonchev–Trinajstić information content (AvgIpc) is 2.72. The Kier molecular flexibility index (Phi) is 11.0. The van der Waals surface area contributed by atoms with E-state index < -0.39 is 8.80 Å². The first-order valence-corrected chi connectivity index (χ1v) is 14.0. The van der Waals surface area contributed by atoms with Crippen molar-refractivity contribution in [1.82, 2.24) is 0 Å². The molecule has 0 aliphatic rings. The molecule has 0 unspecified atom stereocenters. The minimum absolute atomic E-state index is 0.298. The molecule has 0 atom stereocenters. The predicted molar refractivity (Wildman–Crippen MR) is 123 cm³/mol. The molecule has 0 amide bonds. The summed E-state index contributed by atoms with van der Waals surface area (Å²) in [5.41, 5.74) is 0. The number of hydrogen-bond acceptors (Lipinski definition) is 3. The van der Waals surface area contributed by atoms with Crippen molar-refractivity contribution in [2.75, 3.05) is 26.0 Å².